The van der Waals surface area contributed by atoms with Crippen molar-refractivity contribution in [3.63, 3.8) is 0 Å². The standard InChI is InChI=1S/C12H22N4O/c1-4-5-15-12(17)10(2)13-6-8-16-9-7-14-11(16)3/h7,9-10,13H,4-6,8H2,1-3H3,(H,15,17). The zero-order chi connectivity index (χ0) is 12.7. The molecule has 0 spiro atoms. The summed E-state index contributed by atoms with van der Waals surface area (Å²) in [5.41, 5.74) is 0. The number of amides is 1. The van der Waals surface area contributed by atoms with Gasteiger partial charge in [0, 0.05) is 32.0 Å². The molecule has 0 aliphatic carbocycles. The fraction of sp³-hybridized carbons (Fsp3) is 0.667. The van der Waals surface area contributed by atoms with E-state index in [4.69, 9.17) is 0 Å². The number of carbonyl (C=O) groups is 1. The number of hydrogen-bond acceptors (Lipinski definition) is 3. The molecule has 1 heterocycles. The highest BCUT2D eigenvalue weighted by Gasteiger charge is 2.10. The van der Waals surface area contributed by atoms with Crippen LogP contribution in [0.4, 0.5) is 0 Å². The molecule has 1 aromatic rings. The Balaban J connectivity index is 2.22. The molecular formula is C12H22N4O. The van der Waals surface area contributed by atoms with Gasteiger partial charge < -0.3 is 15.2 Å². The molecule has 0 bridgehead atoms. The fourth-order valence-electron chi connectivity index (χ4n) is 1.54. The van der Waals surface area contributed by atoms with Gasteiger partial charge in [-0.3, -0.25) is 4.79 Å². The van der Waals surface area contributed by atoms with Gasteiger partial charge in [-0.2, -0.15) is 0 Å². The Hall–Kier alpha value is -1.36. The van der Waals surface area contributed by atoms with E-state index in [1.807, 2.05) is 27.0 Å². The first kappa shape index (κ1) is 13.7. The van der Waals surface area contributed by atoms with Crippen molar-refractivity contribution in [2.24, 2.45) is 0 Å². The predicted molar refractivity (Wildman–Crippen MR) is 67.7 cm³/mol. The maximum absolute atomic E-state index is 11.6. The van der Waals surface area contributed by atoms with E-state index in [9.17, 15) is 4.79 Å². The van der Waals surface area contributed by atoms with Gasteiger partial charge in [0.1, 0.15) is 5.82 Å². The molecule has 1 rings (SSSR count). The van der Waals surface area contributed by atoms with E-state index < -0.39 is 0 Å². The highest BCUT2D eigenvalue weighted by Crippen LogP contribution is 1.93. The number of imidazole rings is 1. The van der Waals surface area contributed by atoms with Gasteiger partial charge in [-0.1, -0.05) is 6.92 Å². The summed E-state index contributed by atoms with van der Waals surface area (Å²) >= 11 is 0. The minimum absolute atomic E-state index is 0.0641. The van der Waals surface area contributed by atoms with Gasteiger partial charge in [0.15, 0.2) is 0 Å². The van der Waals surface area contributed by atoms with Crippen molar-refractivity contribution in [3.8, 4) is 0 Å². The second-order valence-corrected chi connectivity index (χ2v) is 4.13. The van der Waals surface area contributed by atoms with Crippen molar-refractivity contribution in [3.05, 3.63) is 18.2 Å². The van der Waals surface area contributed by atoms with Crippen LogP contribution in [0.5, 0.6) is 0 Å². The average molecular weight is 238 g/mol. The van der Waals surface area contributed by atoms with Gasteiger partial charge >= 0.3 is 0 Å². The minimum atomic E-state index is -0.148. The third-order valence-electron chi connectivity index (χ3n) is 2.67. The van der Waals surface area contributed by atoms with Crippen LogP contribution < -0.4 is 10.6 Å². The molecule has 0 aliphatic heterocycles. The molecule has 17 heavy (non-hydrogen) atoms. The number of carbonyl (C=O) groups excluding carboxylic acids is 1. The largest absolute Gasteiger partial charge is 0.355 e. The lowest BCUT2D eigenvalue weighted by Gasteiger charge is -2.14. The molecular weight excluding hydrogens is 216 g/mol. The Bertz CT molecular complexity index is 348. The first-order valence-corrected chi connectivity index (χ1v) is 6.14. The molecule has 5 nitrogen and oxygen atoms in total. The van der Waals surface area contributed by atoms with Crippen molar-refractivity contribution in [2.45, 2.75) is 39.8 Å². The predicted octanol–water partition coefficient (Wildman–Crippen LogP) is 0.696. The molecule has 0 fully saturated rings. The molecule has 0 aliphatic rings. The summed E-state index contributed by atoms with van der Waals surface area (Å²) in [5, 5.41) is 6.06. The summed E-state index contributed by atoms with van der Waals surface area (Å²) in [6, 6.07) is -0.148. The number of rotatable bonds is 7. The van der Waals surface area contributed by atoms with Crippen LogP contribution in [0.2, 0.25) is 0 Å². The Morgan fingerprint density at radius 2 is 2.29 bits per heavy atom. The monoisotopic (exact) mass is 238 g/mol. The Morgan fingerprint density at radius 1 is 1.53 bits per heavy atom. The third kappa shape index (κ3) is 4.56. The van der Waals surface area contributed by atoms with Gasteiger partial charge in [-0.05, 0) is 20.3 Å². The van der Waals surface area contributed by atoms with Crippen LogP contribution in [0, 0.1) is 6.92 Å². The van der Waals surface area contributed by atoms with Gasteiger partial charge in [-0.15, -0.1) is 0 Å². The lowest BCUT2D eigenvalue weighted by atomic mass is 10.3. The first-order valence-electron chi connectivity index (χ1n) is 6.14. The first-order chi connectivity index (χ1) is 8.15. The second kappa shape index (κ2) is 7.06. The van der Waals surface area contributed by atoms with Crippen molar-refractivity contribution in [1.82, 2.24) is 20.2 Å². The van der Waals surface area contributed by atoms with E-state index in [0.29, 0.717) is 0 Å². The molecule has 0 aromatic carbocycles. The van der Waals surface area contributed by atoms with Crippen molar-refractivity contribution in [2.75, 3.05) is 13.1 Å². The van der Waals surface area contributed by atoms with E-state index in [1.165, 1.54) is 0 Å². The lowest BCUT2D eigenvalue weighted by molar-refractivity contribution is -0.122. The molecule has 1 amide bonds. The summed E-state index contributed by atoms with van der Waals surface area (Å²) < 4.78 is 2.06. The number of nitrogens with zero attached hydrogens (tertiary/aromatic N) is 2. The maximum atomic E-state index is 11.6. The number of hydrogen-bond donors (Lipinski definition) is 2. The summed E-state index contributed by atoms with van der Waals surface area (Å²) in [6.07, 6.45) is 4.69. The lowest BCUT2D eigenvalue weighted by Crippen LogP contribution is -2.43. The summed E-state index contributed by atoms with van der Waals surface area (Å²) in [5.74, 6) is 1.06. The molecule has 0 saturated heterocycles. The molecule has 1 aromatic heterocycles. The fourth-order valence-corrected chi connectivity index (χ4v) is 1.54. The smallest absolute Gasteiger partial charge is 0.236 e. The molecule has 2 N–H and O–H groups in total. The third-order valence-corrected chi connectivity index (χ3v) is 2.67. The Labute approximate surface area is 103 Å². The highest BCUT2D eigenvalue weighted by molar-refractivity contribution is 5.81. The molecule has 5 heteroatoms. The SMILES string of the molecule is CCCNC(=O)C(C)NCCn1ccnc1C. The van der Waals surface area contributed by atoms with E-state index in [2.05, 4.69) is 20.2 Å². The van der Waals surface area contributed by atoms with Crippen LogP contribution in [0.25, 0.3) is 0 Å². The van der Waals surface area contributed by atoms with E-state index in [-0.39, 0.29) is 11.9 Å². The second-order valence-electron chi connectivity index (χ2n) is 4.13. The van der Waals surface area contributed by atoms with Gasteiger partial charge in [0.25, 0.3) is 0 Å². The molecule has 96 valence electrons. The molecule has 0 radical (unpaired) electrons. The van der Waals surface area contributed by atoms with Gasteiger partial charge in [0.05, 0.1) is 6.04 Å². The minimum Gasteiger partial charge on any atom is -0.355 e. The zero-order valence-electron chi connectivity index (χ0n) is 10.9. The van der Waals surface area contributed by atoms with E-state index in [1.54, 1.807) is 6.20 Å². The number of nitrogens with one attached hydrogen (secondary N) is 2. The van der Waals surface area contributed by atoms with Crippen LogP contribution in [0.3, 0.4) is 0 Å². The number of aryl methyl sites for hydroxylation is 1. The van der Waals surface area contributed by atoms with E-state index in [0.717, 1.165) is 31.9 Å². The van der Waals surface area contributed by atoms with Crippen LogP contribution in [0.1, 0.15) is 26.1 Å². The van der Waals surface area contributed by atoms with Gasteiger partial charge in [-0.25, -0.2) is 4.98 Å². The Morgan fingerprint density at radius 3 is 2.88 bits per heavy atom. The van der Waals surface area contributed by atoms with E-state index >= 15 is 0 Å². The van der Waals surface area contributed by atoms with Gasteiger partial charge in [0.2, 0.25) is 5.91 Å². The zero-order valence-corrected chi connectivity index (χ0v) is 10.9. The normalized spacial score (nSPS) is 12.4. The maximum Gasteiger partial charge on any atom is 0.236 e. The van der Waals surface area contributed by atoms with Crippen LogP contribution in [0.15, 0.2) is 12.4 Å². The van der Waals surface area contributed by atoms with Crippen LogP contribution in [-0.2, 0) is 11.3 Å². The topological polar surface area (TPSA) is 59.0 Å². The quantitative estimate of drug-likeness (QED) is 0.735. The van der Waals surface area contributed by atoms with Crippen molar-refractivity contribution >= 4 is 5.91 Å². The summed E-state index contributed by atoms with van der Waals surface area (Å²) in [4.78, 5) is 15.7. The summed E-state index contributed by atoms with van der Waals surface area (Å²) in [6.45, 7) is 8.23. The highest BCUT2D eigenvalue weighted by atomic mass is 16.2. The molecule has 1 unspecified atom stereocenters. The Kier molecular flexibility index (Phi) is 5.69. The van der Waals surface area contributed by atoms with Crippen LogP contribution >= 0.6 is 0 Å². The van der Waals surface area contributed by atoms with Crippen molar-refractivity contribution in [1.29, 1.82) is 0 Å². The molecule has 1 atom stereocenters. The summed E-state index contributed by atoms with van der Waals surface area (Å²) in [7, 11) is 0. The van der Waals surface area contributed by atoms with Crippen LogP contribution in [-0.4, -0.2) is 34.6 Å². The van der Waals surface area contributed by atoms with Crippen molar-refractivity contribution < 1.29 is 4.79 Å². The molecule has 0 saturated carbocycles. The average Bonchev–Trinajstić information content (AvgIpc) is 2.72. The number of aromatic nitrogens is 2.